The summed E-state index contributed by atoms with van der Waals surface area (Å²) in [7, 11) is 0. The zero-order valence-corrected chi connectivity index (χ0v) is 16.5. The van der Waals surface area contributed by atoms with Gasteiger partial charge in [-0.2, -0.15) is 0 Å². The highest BCUT2D eigenvalue weighted by atomic mass is 16.5. The topological polar surface area (TPSA) is 67.0 Å². The van der Waals surface area contributed by atoms with E-state index in [1.54, 1.807) is 0 Å². The molecule has 2 N–H and O–H groups in total. The fourth-order valence-electron chi connectivity index (χ4n) is 3.44. The Balaban J connectivity index is 1.45. The summed E-state index contributed by atoms with van der Waals surface area (Å²) in [5, 5.41) is 2.79. The molecule has 1 heterocycles. The van der Waals surface area contributed by atoms with Crippen LogP contribution in [-0.2, 0) is 11.2 Å². The number of para-hydroxylation sites is 1. The maximum Gasteiger partial charge on any atom is 0.264 e. The lowest BCUT2D eigenvalue weighted by atomic mass is 10.0. The first-order chi connectivity index (χ1) is 14.1. The Morgan fingerprint density at radius 3 is 2.52 bits per heavy atom. The van der Waals surface area contributed by atoms with Crippen LogP contribution < -0.4 is 10.1 Å². The standard InChI is InChI=1S/C24H23N3O2/c1-16-11-17(2)13-20(12-16)29-15-22(28)26-24-25-21-10-6-9-19(23(21)27-24)14-18-7-4-3-5-8-18/h3-13H,14-15H2,1-2H3,(H2,25,26,27,28). The minimum Gasteiger partial charge on any atom is -0.484 e. The number of ether oxygens (including phenoxy) is 1. The van der Waals surface area contributed by atoms with Crippen LogP contribution in [0.4, 0.5) is 5.95 Å². The average Bonchev–Trinajstić information content (AvgIpc) is 3.10. The molecule has 5 heteroatoms. The van der Waals surface area contributed by atoms with Crippen molar-refractivity contribution in [3.05, 3.63) is 89.0 Å². The van der Waals surface area contributed by atoms with E-state index in [0.29, 0.717) is 11.7 Å². The SMILES string of the molecule is Cc1cc(C)cc(OCC(=O)Nc2nc3c(Cc4ccccc4)cccc3[nH]2)c1. The van der Waals surface area contributed by atoms with Gasteiger partial charge in [-0.3, -0.25) is 10.1 Å². The number of hydrogen-bond acceptors (Lipinski definition) is 3. The molecule has 0 aliphatic heterocycles. The highest BCUT2D eigenvalue weighted by molar-refractivity contribution is 5.92. The summed E-state index contributed by atoms with van der Waals surface area (Å²) < 4.78 is 5.62. The zero-order chi connectivity index (χ0) is 20.2. The van der Waals surface area contributed by atoms with Crippen molar-refractivity contribution in [2.45, 2.75) is 20.3 Å². The van der Waals surface area contributed by atoms with E-state index < -0.39 is 0 Å². The first kappa shape index (κ1) is 18.7. The molecule has 0 atom stereocenters. The number of rotatable bonds is 6. The van der Waals surface area contributed by atoms with E-state index >= 15 is 0 Å². The zero-order valence-electron chi connectivity index (χ0n) is 16.5. The molecule has 0 saturated carbocycles. The quantitative estimate of drug-likeness (QED) is 0.502. The first-order valence-electron chi connectivity index (χ1n) is 9.59. The van der Waals surface area contributed by atoms with Crippen molar-refractivity contribution in [2.75, 3.05) is 11.9 Å². The second-order valence-electron chi connectivity index (χ2n) is 7.22. The number of nitrogens with zero attached hydrogens (tertiary/aromatic N) is 1. The van der Waals surface area contributed by atoms with Gasteiger partial charge < -0.3 is 9.72 Å². The van der Waals surface area contributed by atoms with Crippen LogP contribution in [0.5, 0.6) is 5.75 Å². The summed E-state index contributed by atoms with van der Waals surface area (Å²) in [6.45, 7) is 3.93. The first-order valence-corrected chi connectivity index (χ1v) is 9.59. The van der Waals surface area contributed by atoms with Gasteiger partial charge in [-0.05, 0) is 60.7 Å². The third kappa shape index (κ3) is 4.63. The number of amides is 1. The number of aromatic nitrogens is 2. The van der Waals surface area contributed by atoms with E-state index in [9.17, 15) is 4.79 Å². The van der Waals surface area contributed by atoms with Crippen LogP contribution in [-0.4, -0.2) is 22.5 Å². The molecule has 0 unspecified atom stereocenters. The number of H-pyrrole nitrogens is 1. The number of imidazole rings is 1. The second kappa shape index (κ2) is 8.19. The number of hydrogen-bond donors (Lipinski definition) is 2. The summed E-state index contributed by atoms with van der Waals surface area (Å²) in [5.74, 6) is 0.856. The summed E-state index contributed by atoms with van der Waals surface area (Å²) in [4.78, 5) is 20.1. The minimum absolute atomic E-state index is 0.0726. The molecule has 5 nitrogen and oxygen atoms in total. The number of nitrogens with one attached hydrogen (secondary N) is 2. The number of fused-ring (bicyclic) bond motifs is 1. The van der Waals surface area contributed by atoms with E-state index in [1.165, 1.54) is 5.56 Å². The predicted octanol–water partition coefficient (Wildman–Crippen LogP) is 4.79. The van der Waals surface area contributed by atoms with Crippen LogP contribution in [0.1, 0.15) is 22.3 Å². The van der Waals surface area contributed by atoms with Crippen molar-refractivity contribution in [2.24, 2.45) is 0 Å². The molecule has 1 amide bonds. The highest BCUT2D eigenvalue weighted by Crippen LogP contribution is 2.21. The number of carbonyl (C=O) groups excluding carboxylic acids is 1. The molecule has 29 heavy (non-hydrogen) atoms. The van der Waals surface area contributed by atoms with Gasteiger partial charge in [-0.15, -0.1) is 0 Å². The van der Waals surface area contributed by atoms with E-state index in [-0.39, 0.29) is 12.5 Å². The number of carbonyl (C=O) groups is 1. The van der Waals surface area contributed by atoms with Crippen molar-refractivity contribution in [3.63, 3.8) is 0 Å². The van der Waals surface area contributed by atoms with E-state index in [1.807, 2.05) is 56.3 Å². The van der Waals surface area contributed by atoms with Crippen molar-refractivity contribution >= 4 is 22.9 Å². The van der Waals surface area contributed by atoms with Crippen molar-refractivity contribution < 1.29 is 9.53 Å². The average molecular weight is 385 g/mol. The Morgan fingerprint density at radius 2 is 1.76 bits per heavy atom. The lowest BCUT2D eigenvalue weighted by molar-refractivity contribution is -0.118. The summed E-state index contributed by atoms with van der Waals surface area (Å²) in [6.07, 6.45) is 0.784. The van der Waals surface area contributed by atoms with Crippen molar-refractivity contribution in [3.8, 4) is 5.75 Å². The second-order valence-corrected chi connectivity index (χ2v) is 7.22. The molecular formula is C24H23N3O2. The molecule has 146 valence electrons. The molecular weight excluding hydrogens is 362 g/mol. The van der Waals surface area contributed by atoms with E-state index in [0.717, 1.165) is 34.1 Å². The normalized spacial score (nSPS) is 10.8. The number of aryl methyl sites for hydroxylation is 2. The molecule has 0 radical (unpaired) electrons. The van der Waals surface area contributed by atoms with Gasteiger partial charge in [0.05, 0.1) is 11.0 Å². The molecule has 0 saturated heterocycles. The highest BCUT2D eigenvalue weighted by Gasteiger charge is 2.11. The Bertz CT molecular complexity index is 1130. The fourth-order valence-corrected chi connectivity index (χ4v) is 3.44. The molecule has 0 aliphatic carbocycles. The van der Waals surface area contributed by atoms with Gasteiger partial charge in [0.15, 0.2) is 6.61 Å². The smallest absolute Gasteiger partial charge is 0.264 e. The summed E-state index contributed by atoms with van der Waals surface area (Å²) in [5.41, 5.74) is 6.28. The lowest BCUT2D eigenvalue weighted by Crippen LogP contribution is -2.20. The minimum atomic E-state index is -0.257. The van der Waals surface area contributed by atoms with Crippen molar-refractivity contribution in [1.29, 1.82) is 0 Å². The van der Waals surface area contributed by atoms with E-state index in [2.05, 4.69) is 39.6 Å². The Kier molecular flexibility index (Phi) is 5.29. The predicted molar refractivity (Wildman–Crippen MR) is 115 cm³/mol. The van der Waals surface area contributed by atoms with Crippen LogP contribution in [0.15, 0.2) is 66.7 Å². The Hall–Kier alpha value is -3.60. The molecule has 0 bridgehead atoms. The maximum atomic E-state index is 12.3. The molecule has 4 rings (SSSR count). The molecule has 4 aromatic rings. The van der Waals surface area contributed by atoms with Crippen LogP contribution in [0, 0.1) is 13.8 Å². The van der Waals surface area contributed by atoms with Gasteiger partial charge in [0.2, 0.25) is 5.95 Å². The van der Waals surface area contributed by atoms with Gasteiger partial charge >= 0.3 is 0 Å². The number of anilines is 1. The van der Waals surface area contributed by atoms with Gasteiger partial charge in [-0.25, -0.2) is 4.98 Å². The third-order valence-electron chi connectivity index (χ3n) is 4.66. The van der Waals surface area contributed by atoms with E-state index in [4.69, 9.17) is 4.74 Å². The summed E-state index contributed by atoms with van der Waals surface area (Å²) in [6, 6.07) is 22.2. The number of benzene rings is 3. The summed E-state index contributed by atoms with van der Waals surface area (Å²) >= 11 is 0. The molecule has 0 spiro atoms. The number of aromatic amines is 1. The van der Waals surface area contributed by atoms with Crippen LogP contribution in [0.25, 0.3) is 11.0 Å². The molecule has 0 fully saturated rings. The van der Waals surface area contributed by atoms with Gasteiger partial charge in [0.1, 0.15) is 5.75 Å². The molecule has 3 aromatic carbocycles. The van der Waals surface area contributed by atoms with Gasteiger partial charge in [0, 0.05) is 0 Å². The molecule has 0 aliphatic rings. The maximum absolute atomic E-state index is 12.3. The van der Waals surface area contributed by atoms with Crippen LogP contribution >= 0.6 is 0 Å². The van der Waals surface area contributed by atoms with Crippen molar-refractivity contribution in [1.82, 2.24) is 9.97 Å². The fraction of sp³-hybridized carbons (Fsp3) is 0.167. The van der Waals surface area contributed by atoms with Gasteiger partial charge in [-0.1, -0.05) is 48.5 Å². The van der Waals surface area contributed by atoms with Crippen LogP contribution in [0.2, 0.25) is 0 Å². The largest absolute Gasteiger partial charge is 0.484 e. The Labute approximate surface area is 169 Å². The molecule has 1 aromatic heterocycles. The lowest BCUT2D eigenvalue weighted by Gasteiger charge is -2.07. The monoisotopic (exact) mass is 385 g/mol. The third-order valence-corrected chi connectivity index (χ3v) is 4.66. The van der Waals surface area contributed by atoms with Crippen LogP contribution in [0.3, 0.4) is 0 Å². The van der Waals surface area contributed by atoms with Gasteiger partial charge in [0.25, 0.3) is 5.91 Å². The Morgan fingerprint density at radius 1 is 1.00 bits per heavy atom.